The average molecular weight is 3230 g/mol. The fourth-order valence-corrected chi connectivity index (χ4v) is 17.7. The topological polar surface area (TPSA) is 659 Å². The third kappa shape index (κ3) is 68.2. The maximum absolute atomic E-state index is 12.9. The summed E-state index contributed by atoms with van der Waals surface area (Å²) in [5, 5.41) is 18.6. The van der Waals surface area contributed by atoms with E-state index in [-0.39, 0.29) is 386 Å². The summed E-state index contributed by atoms with van der Waals surface area (Å²) >= 11 is 0. The maximum atomic E-state index is 12.9. The molecule has 7 saturated heterocycles. The first kappa shape index (κ1) is 144. The van der Waals surface area contributed by atoms with E-state index in [2.05, 4.69) is 37.2 Å². The molecule has 779 valence electrons. The molecule has 7 rings (SSSR count). The van der Waals surface area contributed by atoms with Crippen LogP contribution in [0.4, 0.5) is 14.4 Å². The van der Waals surface area contributed by atoms with Crippen LogP contribution in [0.1, 0.15) is 197 Å². The van der Waals surface area contributed by atoms with Crippen molar-refractivity contribution in [2.24, 2.45) is 5.73 Å². The van der Waals surface area contributed by atoms with Crippen molar-refractivity contribution in [2.45, 2.75) is 261 Å². The minimum absolute atomic E-state index is 0. The quantitative estimate of drug-likeness (QED) is 0.00937. The number of alkyl carbamates (subject to hydrolysis) is 3. The summed E-state index contributed by atoms with van der Waals surface area (Å²) in [4.78, 5) is 266. The van der Waals surface area contributed by atoms with Crippen molar-refractivity contribution < 1.29 is 350 Å². The molecule has 0 saturated carbocycles. The van der Waals surface area contributed by atoms with E-state index in [4.69, 9.17) is 63.0 Å². The predicted octanol–water partition coefficient (Wildman–Crippen LogP) is 8.09. The van der Waals surface area contributed by atoms with Gasteiger partial charge in [0.25, 0.3) is 23.6 Å². The van der Waals surface area contributed by atoms with Gasteiger partial charge in [0.1, 0.15) is 109 Å². The molecule has 45 nitrogen and oxygen atoms in total. The smallest absolute Gasteiger partial charge is 0.407 e. The molecule has 7 aliphatic rings. The predicted molar refractivity (Wildman–Crippen MR) is 520 cm³/mol. The van der Waals surface area contributed by atoms with Crippen molar-refractivity contribution in [1.29, 1.82) is 0 Å². The number of imide groups is 2. The molecule has 0 spiro atoms. The van der Waals surface area contributed by atoms with Gasteiger partial charge < -0.3 is 115 Å². The zero-order valence-corrected chi connectivity index (χ0v) is 112. The standard InChI is InChI=1S/C26H42N6O7S4.C25H40N6O8S4.C20H26N4O11.C7H13N2OS2.C2H6.5Ac/c1-26(2,3)39-25(38)31-13-10-20(35)32(14-18(33)29-11-6-4-8-16(27)21(36)23-40-41-23)15-19(34)30-12-7-5-9-17(28)22(37)24-42-43-24;1-38-12-13-39-25(37)30-11-8-20(34)31(14-18(32)28-9-4-2-6-16(26)21(35)23-40-41-23)15-19(33)29-10-5-3-7-17(27)22(36)24-42-43-24;1-20(2,3)33-19(32)21-9-8-12(25)22(10-17(30)34-23-13(26)4-5-14(23)27)11-18(31)35-24-15(28)6-7-16(24)29;8-4-2-1-3-5(9)6(10)7-11-12-7;1-2;;;;;/h16-17,23-24,27-28H,4-15H2,1-3H3,(H,29,33)(H,30,34)(H,31,38);16-17,23-24,26-27H,2-15H2,1H3,(H,28,32)(H,29,33)(H,30,37);4-11H2,1-3H3,(H,21,32);5,7,9H,1-4,8H2;1-2H3;;;;;/q2*-2;;-1;;;;;;/t2*16-,17-;;5-;;;;;;/m00.0....../s1. The molecule has 0 aromatic rings. The molecule has 0 aliphatic carbocycles. The molecule has 0 aromatic carbocycles. The van der Waals surface area contributed by atoms with E-state index in [1.165, 1.54) is 93.5 Å². The third-order valence-electron chi connectivity index (χ3n) is 18.3. The number of amides is 14. The van der Waals surface area contributed by atoms with E-state index in [9.17, 15) is 101 Å². The Bertz CT molecular complexity index is 3800. The summed E-state index contributed by atoms with van der Waals surface area (Å²) < 4.78 is 19.5. The van der Waals surface area contributed by atoms with E-state index in [1.54, 1.807) is 63.1 Å². The average Bonchev–Trinajstić information content (AvgIpc) is 1.79. The Kier molecular flexibility index (Phi) is 83.3. The number of carbonyl (C=O) groups is 21. The SMILES string of the molecule is CC.CC(C)(C)OC(=O)NCCC(=O)N(CC(=O)NCCCC[C@H]([NH-])C(=O)C1SS1)CC(=O)NCCCC[C@H]([NH-])C(=O)C1SS1.CC(C)(C)OC(=O)NCCC(=O)N(CC(=O)ON1C(=O)CCC1=O)CC(=O)ON1C(=O)CCC1=O.COCCOC(=O)NCCC(=O)N(CC(=O)NCCCC[C@H]([NH-])C(=O)C1SS1)CC(=O)NCCCC[C@H]([NH-])C(=O)C1SS1.[Ac].[Ac].[Ac].[Ac].[Ac].[NH-][C@@H](CCCCN)C(=O)C1SS1. The number of methoxy groups -OCH3 is 1. The van der Waals surface area contributed by atoms with Gasteiger partial charge in [-0.1, -0.05) is 216 Å². The minimum atomic E-state index is -1.21. The fourth-order valence-electron chi connectivity index (χ4n) is 11.1. The van der Waals surface area contributed by atoms with Crippen LogP contribution in [-0.2, 0) is 115 Å². The molecule has 0 aromatic heterocycles. The van der Waals surface area contributed by atoms with Crippen LogP contribution in [0.2, 0.25) is 0 Å². The summed E-state index contributed by atoms with van der Waals surface area (Å²) in [7, 11) is 16.3. The first-order valence-corrected chi connectivity index (χ1v) is 55.2. The van der Waals surface area contributed by atoms with Crippen molar-refractivity contribution >= 4 is 232 Å². The molecule has 14 N–H and O–H groups in total. The van der Waals surface area contributed by atoms with Crippen LogP contribution < -0.4 is 43.0 Å². The number of ketones is 5. The van der Waals surface area contributed by atoms with Gasteiger partial charge in [0, 0.05) is 318 Å². The van der Waals surface area contributed by atoms with E-state index in [1.807, 2.05) is 13.8 Å². The zero-order valence-electron chi connectivity index (χ0n) is 79.9. The van der Waals surface area contributed by atoms with Gasteiger partial charge in [-0.3, -0.25) is 76.7 Å². The van der Waals surface area contributed by atoms with Crippen LogP contribution in [0.25, 0.3) is 28.7 Å². The maximum Gasteiger partial charge on any atom is 0.407 e. The molecule has 7 fully saturated rings. The molecule has 7 heterocycles. The Morgan fingerprint density at radius 2 is 0.579 bits per heavy atom. The first-order chi connectivity index (χ1) is 63.9. The zero-order chi connectivity index (χ0) is 101. The number of Topliss-reactive ketones (excluding diaryl/α,β-unsaturated/α-hetero) is 5. The number of nitrogens with one attached hydrogen (secondary N) is 12. The number of hydroxylamine groups is 4. The van der Waals surface area contributed by atoms with Gasteiger partial charge in [-0.05, 0) is 80.2 Å². The Morgan fingerprint density at radius 3 is 0.800 bits per heavy atom. The third-order valence-corrected chi connectivity index (χ3v) is 28.4. The van der Waals surface area contributed by atoms with Crippen LogP contribution in [0.5, 0.6) is 0 Å². The summed E-state index contributed by atoms with van der Waals surface area (Å²) in [6.07, 6.45) is 5.32. The summed E-state index contributed by atoms with van der Waals surface area (Å²) in [6.45, 7) is 12.7. The molecule has 5 atom stereocenters. The summed E-state index contributed by atoms with van der Waals surface area (Å²) in [6, 6.07) is -3.57. The van der Waals surface area contributed by atoms with Gasteiger partial charge >= 0.3 is 30.2 Å². The number of rotatable bonds is 60. The van der Waals surface area contributed by atoms with Crippen molar-refractivity contribution in [3.8, 4) is 0 Å². The van der Waals surface area contributed by atoms with Gasteiger partial charge in [0.2, 0.25) is 41.4 Å². The molecular formula is C80H127Ac5N18O27S10-5. The van der Waals surface area contributed by atoms with E-state index < -0.39 is 150 Å². The number of hydrogen-bond donors (Lipinski definition) is 8. The van der Waals surface area contributed by atoms with E-state index in [0.29, 0.717) is 121 Å². The second-order valence-electron chi connectivity index (χ2n) is 32.1. The molecule has 0 unspecified atom stereocenters. The van der Waals surface area contributed by atoms with Crippen LogP contribution in [-0.4, -0.2) is 325 Å². The number of unbranched alkanes of at least 4 members (excludes halogenated alkanes) is 5. The van der Waals surface area contributed by atoms with Crippen molar-refractivity contribution in [2.75, 3.05) is 112 Å². The first-order valence-electron chi connectivity index (χ1n) is 43.8. The monoisotopic (exact) mass is 3230 g/mol. The van der Waals surface area contributed by atoms with Gasteiger partial charge in [-0.2, -0.15) is 0 Å². The van der Waals surface area contributed by atoms with Crippen LogP contribution in [0.3, 0.4) is 0 Å². The Labute approximate surface area is 1030 Å². The molecule has 0 bridgehead atoms. The molecule has 140 heavy (non-hydrogen) atoms. The number of nitrogens with zero attached hydrogens (tertiary/aromatic N) is 5. The molecule has 60 heteroatoms. The fraction of sp³-hybridized carbons (Fsp3) is 0.738. The minimum Gasteiger partial charge on any atom is -0.668 e. The summed E-state index contributed by atoms with van der Waals surface area (Å²) in [5.41, 5.74) is 43.0. The van der Waals surface area contributed by atoms with Gasteiger partial charge in [0.05, 0.1) is 6.61 Å². The molecular weight excluding hydrogens is 3100 g/mol. The van der Waals surface area contributed by atoms with Crippen molar-refractivity contribution in [3.05, 3.63) is 28.7 Å². The van der Waals surface area contributed by atoms with Crippen LogP contribution in [0, 0.1) is 220 Å². The number of hydrogen-bond acceptors (Lipinski definition) is 38. The number of ether oxygens (including phenoxy) is 4. The van der Waals surface area contributed by atoms with Gasteiger partial charge in [-0.15, -0.1) is 10.1 Å². The second-order valence-corrected chi connectivity index (χ2v) is 46.0. The van der Waals surface area contributed by atoms with E-state index >= 15 is 0 Å². The summed E-state index contributed by atoms with van der Waals surface area (Å²) in [5.74, 6) is -9.27. The molecule has 7 aliphatic heterocycles. The number of carbonyl (C=O) groups excluding carboxylic acids is 21. The molecule has 14 amide bonds. The Morgan fingerprint density at radius 1 is 0.350 bits per heavy atom. The second kappa shape index (κ2) is 80.9. The Balaban J connectivity index is -0.00000185. The van der Waals surface area contributed by atoms with Gasteiger partial charge in [-0.25, -0.2) is 24.0 Å². The Hall–Kier alpha value is 0.0978. The molecule has 5 radical (unpaired) electrons. The normalized spacial score (nSPS) is 15.4. The van der Waals surface area contributed by atoms with E-state index in [0.717, 1.165) is 22.6 Å². The van der Waals surface area contributed by atoms with Crippen LogP contribution >= 0.6 is 108 Å². The van der Waals surface area contributed by atoms with Crippen LogP contribution in [0.15, 0.2) is 0 Å². The largest absolute Gasteiger partial charge is 0.668 e. The van der Waals surface area contributed by atoms with Gasteiger partial charge in [0.15, 0.2) is 0 Å². The van der Waals surface area contributed by atoms with Crippen molar-refractivity contribution in [3.63, 3.8) is 0 Å². The van der Waals surface area contributed by atoms with Crippen molar-refractivity contribution in [1.82, 2.24) is 62.0 Å². The number of nitrogens with two attached hydrogens (primary N) is 1.